The summed E-state index contributed by atoms with van der Waals surface area (Å²) in [6.07, 6.45) is 3.64. The Hall–Kier alpha value is -0.350. The van der Waals surface area contributed by atoms with Gasteiger partial charge in [-0.25, -0.2) is 4.68 Å². The first kappa shape index (κ1) is 10.2. The lowest BCUT2D eigenvalue weighted by molar-refractivity contribution is -0.0408. The van der Waals surface area contributed by atoms with Crippen LogP contribution in [0.25, 0.3) is 0 Å². The molecule has 1 aromatic heterocycles. The molecule has 1 aliphatic heterocycles. The lowest BCUT2D eigenvalue weighted by atomic mass is 10.2. The Balaban J connectivity index is 2.26. The Kier molecular flexibility index (Phi) is 2.93. The van der Waals surface area contributed by atoms with Crippen molar-refractivity contribution in [2.75, 3.05) is 6.61 Å². The average Bonchev–Trinajstić information content (AvgIpc) is 2.47. The molecule has 0 radical (unpaired) electrons. The normalized spacial score (nSPS) is 22.6. The zero-order valence-corrected chi connectivity index (χ0v) is 10.2. The minimum Gasteiger partial charge on any atom is -0.357 e. The molecule has 1 aromatic rings. The summed E-state index contributed by atoms with van der Waals surface area (Å²) in [5.74, 6) is 0. The summed E-state index contributed by atoms with van der Waals surface area (Å²) >= 11 is 3.53. The van der Waals surface area contributed by atoms with Crippen LogP contribution >= 0.6 is 15.9 Å². The Morgan fingerprint density at radius 3 is 2.71 bits per heavy atom. The molecular weight excluding hydrogens is 244 g/mol. The minimum absolute atomic E-state index is 0.147. The standard InChI is InChI=1S/C10H15BrN2O/c1-7-10(11)8(2)13(12-7)9-5-3-4-6-14-9/h9H,3-6H2,1-2H3/t9-/m0/s1. The third-order valence-corrected chi connectivity index (χ3v) is 3.81. The van der Waals surface area contributed by atoms with Gasteiger partial charge in [-0.1, -0.05) is 0 Å². The van der Waals surface area contributed by atoms with E-state index < -0.39 is 0 Å². The van der Waals surface area contributed by atoms with Crippen LogP contribution in [0.5, 0.6) is 0 Å². The van der Waals surface area contributed by atoms with E-state index in [0.29, 0.717) is 0 Å². The van der Waals surface area contributed by atoms with Crippen molar-refractivity contribution in [1.29, 1.82) is 0 Å². The SMILES string of the molecule is Cc1nn([C@@H]2CCCCO2)c(C)c1Br. The Bertz CT molecular complexity index is 329. The maximum Gasteiger partial charge on any atom is 0.150 e. The van der Waals surface area contributed by atoms with Crippen molar-refractivity contribution in [3.05, 3.63) is 15.9 Å². The van der Waals surface area contributed by atoms with E-state index in [-0.39, 0.29) is 6.23 Å². The molecule has 2 rings (SSSR count). The minimum atomic E-state index is 0.147. The van der Waals surface area contributed by atoms with Gasteiger partial charge in [-0.3, -0.25) is 0 Å². The molecule has 4 heteroatoms. The second kappa shape index (κ2) is 4.03. The molecule has 1 saturated heterocycles. The van der Waals surface area contributed by atoms with Crippen molar-refractivity contribution in [3.63, 3.8) is 0 Å². The van der Waals surface area contributed by atoms with E-state index in [1.807, 2.05) is 11.6 Å². The van der Waals surface area contributed by atoms with Crippen LogP contribution in [0.2, 0.25) is 0 Å². The fourth-order valence-electron chi connectivity index (χ4n) is 1.84. The van der Waals surface area contributed by atoms with Crippen LogP contribution in [0.15, 0.2) is 4.47 Å². The number of hydrogen-bond acceptors (Lipinski definition) is 2. The van der Waals surface area contributed by atoms with Gasteiger partial charge in [0.15, 0.2) is 0 Å². The topological polar surface area (TPSA) is 27.1 Å². The third kappa shape index (κ3) is 1.73. The molecule has 0 spiro atoms. The van der Waals surface area contributed by atoms with Gasteiger partial charge < -0.3 is 4.74 Å². The van der Waals surface area contributed by atoms with E-state index in [1.54, 1.807) is 0 Å². The van der Waals surface area contributed by atoms with Gasteiger partial charge in [0.05, 0.1) is 15.9 Å². The van der Waals surface area contributed by atoms with Gasteiger partial charge in [-0.15, -0.1) is 0 Å². The first-order valence-corrected chi connectivity index (χ1v) is 5.82. The summed E-state index contributed by atoms with van der Waals surface area (Å²) in [4.78, 5) is 0. The third-order valence-electron chi connectivity index (χ3n) is 2.67. The molecule has 3 nitrogen and oxygen atoms in total. The highest BCUT2D eigenvalue weighted by molar-refractivity contribution is 9.10. The summed E-state index contributed by atoms with van der Waals surface area (Å²) in [5, 5.41) is 4.48. The van der Waals surface area contributed by atoms with Crippen LogP contribution in [-0.4, -0.2) is 16.4 Å². The van der Waals surface area contributed by atoms with Gasteiger partial charge in [0.1, 0.15) is 6.23 Å². The molecule has 0 unspecified atom stereocenters. The Labute approximate surface area is 92.6 Å². The smallest absolute Gasteiger partial charge is 0.150 e. The lowest BCUT2D eigenvalue weighted by Gasteiger charge is -2.23. The molecule has 78 valence electrons. The molecule has 1 aliphatic rings. The second-order valence-corrected chi connectivity index (χ2v) is 4.54. The van der Waals surface area contributed by atoms with E-state index >= 15 is 0 Å². The molecule has 0 N–H and O–H groups in total. The largest absolute Gasteiger partial charge is 0.357 e. The van der Waals surface area contributed by atoms with Crippen molar-refractivity contribution in [2.24, 2.45) is 0 Å². The van der Waals surface area contributed by atoms with Crippen LogP contribution in [-0.2, 0) is 4.74 Å². The van der Waals surface area contributed by atoms with E-state index in [1.165, 1.54) is 12.8 Å². The average molecular weight is 259 g/mol. The summed E-state index contributed by atoms with van der Waals surface area (Å²) in [6, 6.07) is 0. The first-order chi connectivity index (χ1) is 6.70. The maximum atomic E-state index is 5.69. The summed E-state index contributed by atoms with van der Waals surface area (Å²) < 4.78 is 8.79. The van der Waals surface area contributed by atoms with Gasteiger partial charge in [-0.2, -0.15) is 5.10 Å². The Morgan fingerprint density at radius 2 is 2.21 bits per heavy atom. The number of rotatable bonds is 1. The van der Waals surface area contributed by atoms with Crippen LogP contribution < -0.4 is 0 Å². The van der Waals surface area contributed by atoms with Gasteiger partial charge in [0.25, 0.3) is 0 Å². The predicted molar refractivity (Wildman–Crippen MR) is 58.2 cm³/mol. The molecule has 2 heterocycles. The predicted octanol–water partition coefficient (Wildman–Crippen LogP) is 2.96. The molecule has 0 aromatic carbocycles. The summed E-state index contributed by atoms with van der Waals surface area (Å²) in [7, 11) is 0. The van der Waals surface area contributed by atoms with E-state index in [0.717, 1.165) is 28.9 Å². The van der Waals surface area contributed by atoms with E-state index in [2.05, 4.69) is 28.0 Å². The number of aryl methyl sites for hydroxylation is 1. The van der Waals surface area contributed by atoms with Gasteiger partial charge >= 0.3 is 0 Å². The molecular formula is C10H15BrN2O. The second-order valence-electron chi connectivity index (χ2n) is 3.75. The lowest BCUT2D eigenvalue weighted by Crippen LogP contribution is -2.20. The zero-order chi connectivity index (χ0) is 10.1. The number of halogens is 1. The fraction of sp³-hybridized carbons (Fsp3) is 0.700. The van der Waals surface area contributed by atoms with E-state index in [9.17, 15) is 0 Å². The van der Waals surface area contributed by atoms with Crippen LogP contribution in [0.3, 0.4) is 0 Å². The molecule has 0 aliphatic carbocycles. The molecule has 0 amide bonds. The highest BCUT2D eigenvalue weighted by Gasteiger charge is 2.20. The van der Waals surface area contributed by atoms with Crippen molar-refractivity contribution < 1.29 is 4.74 Å². The zero-order valence-electron chi connectivity index (χ0n) is 8.59. The van der Waals surface area contributed by atoms with Crippen molar-refractivity contribution in [2.45, 2.75) is 39.3 Å². The van der Waals surface area contributed by atoms with Crippen LogP contribution in [0.4, 0.5) is 0 Å². The maximum absolute atomic E-state index is 5.69. The van der Waals surface area contributed by atoms with Gasteiger partial charge in [0.2, 0.25) is 0 Å². The molecule has 1 atom stereocenters. The number of hydrogen-bond donors (Lipinski definition) is 0. The fourth-order valence-corrected chi connectivity index (χ4v) is 2.10. The number of aromatic nitrogens is 2. The molecule has 0 saturated carbocycles. The van der Waals surface area contributed by atoms with E-state index in [4.69, 9.17) is 4.74 Å². The quantitative estimate of drug-likeness (QED) is 0.775. The molecule has 1 fully saturated rings. The molecule has 0 bridgehead atoms. The number of ether oxygens (including phenoxy) is 1. The summed E-state index contributed by atoms with van der Waals surface area (Å²) in [5.41, 5.74) is 2.20. The van der Waals surface area contributed by atoms with Crippen molar-refractivity contribution >= 4 is 15.9 Å². The van der Waals surface area contributed by atoms with Gasteiger partial charge in [-0.05, 0) is 49.0 Å². The van der Waals surface area contributed by atoms with Crippen molar-refractivity contribution in [1.82, 2.24) is 9.78 Å². The van der Waals surface area contributed by atoms with Gasteiger partial charge in [0, 0.05) is 6.61 Å². The Morgan fingerprint density at radius 1 is 1.43 bits per heavy atom. The monoisotopic (exact) mass is 258 g/mol. The van der Waals surface area contributed by atoms with Crippen LogP contribution in [0.1, 0.15) is 36.9 Å². The van der Waals surface area contributed by atoms with Crippen molar-refractivity contribution in [3.8, 4) is 0 Å². The highest BCUT2D eigenvalue weighted by Crippen LogP contribution is 2.28. The molecule has 14 heavy (non-hydrogen) atoms. The number of nitrogens with zero attached hydrogens (tertiary/aromatic N) is 2. The highest BCUT2D eigenvalue weighted by atomic mass is 79.9. The summed E-state index contributed by atoms with van der Waals surface area (Å²) in [6.45, 7) is 4.94. The van der Waals surface area contributed by atoms with Crippen LogP contribution in [0, 0.1) is 13.8 Å². The first-order valence-electron chi connectivity index (χ1n) is 5.03.